The van der Waals surface area contributed by atoms with Crippen LogP contribution in [0.3, 0.4) is 0 Å². The number of amides is 1. The number of hydrogen-bond donors (Lipinski definition) is 1. The van der Waals surface area contributed by atoms with Crippen LogP contribution in [0.4, 0.5) is 15.8 Å². The van der Waals surface area contributed by atoms with Gasteiger partial charge in [0.1, 0.15) is 16.5 Å². The largest absolute Gasteiger partial charge is 0.492 e. The Morgan fingerprint density at radius 3 is 2.47 bits per heavy atom. The van der Waals surface area contributed by atoms with E-state index in [0.717, 1.165) is 22.0 Å². The summed E-state index contributed by atoms with van der Waals surface area (Å²) in [4.78, 5) is 12.3. The molecule has 1 N–H and O–H groups in total. The van der Waals surface area contributed by atoms with Crippen LogP contribution in [0.25, 0.3) is 0 Å². The standard InChI is InChI=1S/C24H25FN2O4S/c1-4-27(19-10-8-9-17(3)15-19)32(29,30)23-16-18(13-14-20(23)25)24(28)26-21-11-6-7-12-22(21)31-5-2/h6-16H,4-5H2,1-3H3,(H,26,28). The van der Waals surface area contributed by atoms with Gasteiger partial charge >= 0.3 is 0 Å². The van der Waals surface area contributed by atoms with E-state index in [2.05, 4.69) is 5.32 Å². The number of carbonyl (C=O) groups excluding carboxylic acids is 1. The van der Waals surface area contributed by atoms with Crippen LogP contribution < -0.4 is 14.4 Å². The van der Waals surface area contributed by atoms with E-state index in [0.29, 0.717) is 23.7 Å². The van der Waals surface area contributed by atoms with Crippen LogP contribution in [0.5, 0.6) is 5.75 Å². The Balaban J connectivity index is 1.97. The predicted octanol–water partition coefficient (Wildman–Crippen LogP) is 5.00. The summed E-state index contributed by atoms with van der Waals surface area (Å²) in [5, 5.41) is 2.70. The highest BCUT2D eigenvalue weighted by molar-refractivity contribution is 7.92. The molecule has 3 rings (SSSR count). The minimum absolute atomic E-state index is 0.0107. The number of rotatable bonds is 8. The van der Waals surface area contributed by atoms with E-state index in [9.17, 15) is 17.6 Å². The lowest BCUT2D eigenvalue weighted by Gasteiger charge is -2.23. The molecule has 0 aromatic heterocycles. The first-order chi connectivity index (χ1) is 15.3. The third-order valence-electron chi connectivity index (χ3n) is 4.77. The Kier molecular flexibility index (Phi) is 7.15. The molecule has 8 heteroatoms. The van der Waals surface area contributed by atoms with Crippen molar-refractivity contribution in [3.8, 4) is 5.75 Å². The van der Waals surface area contributed by atoms with E-state index in [4.69, 9.17) is 4.74 Å². The lowest BCUT2D eigenvalue weighted by Crippen LogP contribution is -2.31. The van der Waals surface area contributed by atoms with Crippen molar-refractivity contribution in [2.75, 3.05) is 22.8 Å². The van der Waals surface area contributed by atoms with Gasteiger partial charge in [-0.3, -0.25) is 9.10 Å². The van der Waals surface area contributed by atoms with Crippen LogP contribution in [-0.4, -0.2) is 27.5 Å². The number of ether oxygens (including phenoxy) is 1. The molecule has 168 valence electrons. The van der Waals surface area contributed by atoms with Crippen molar-refractivity contribution in [3.63, 3.8) is 0 Å². The van der Waals surface area contributed by atoms with E-state index >= 15 is 0 Å². The van der Waals surface area contributed by atoms with Gasteiger partial charge in [-0.1, -0.05) is 24.3 Å². The van der Waals surface area contributed by atoms with Crippen LogP contribution in [0.15, 0.2) is 71.6 Å². The fourth-order valence-corrected chi connectivity index (χ4v) is 4.84. The van der Waals surface area contributed by atoms with Crippen molar-refractivity contribution >= 4 is 27.3 Å². The summed E-state index contributed by atoms with van der Waals surface area (Å²) >= 11 is 0. The highest BCUT2D eigenvalue weighted by atomic mass is 32.2. The zero-order chi connectivity index (χ0) is 23.3. The number of carbonyl (C=O) groups is 1. The van der Waals surface area contributed by atoms with E-state index in [1.807, 2.05) is 19.9 Å². The molecule has 0 fully saturated rings. The molecule has 0 heterocycles. The van der Waals surface area contributed by atoms with Gasteiger partial charge < -0.3 is 10.1 Å². The molecule has 0 atom stereocenters. The lowest BCUT2D eigenvalue weighted by atomic mass is 10.2. The number of nitrogens with zero attached hydrogens (tertiary/aromatic N) is 1. The van der Waals surface area contributed by atoms with Crippen molar-refractivity contribution in [3.05, 3.63) is 83.7 Å². The second kappa shape index (κ2) is 9.82. The Bertz CT molecular complexity index is 1230. The monoisotopic (exact) mass is 456 g/mol. The van der Waals surface area contributed by atoms with Gasteiger partial charge in [0, 0.05) is 12.1 Å². The number of para-hydroxylation sites is 2. The summed E-state index contributed by atoms with van der Waals surface area (Å²) in [7, 11) is -4.24. The molecule has 0 radical (unpaired) electrons. The maximum atomic E-state index is 14.7. The molecular weight excluding hydrogens is 431 g/mol. The fraction of sp³-hybridized carbons (Fsp3) is 0.208. The Labute approximate surface area is 187 Å². The average molecular weight is 457 g/mol. The van der Waals surface area contributed by atoms with Gasteiger partial charge in [-0.25, -0.2) is 12.8 Å². The summed E-state index contributed by atoms with van der Waals surface area (Å²) in [6, 6.07) is 17.1. The van der Waals surface area contributed by atoms with Crippen LogP contribution in [-0.2, 0) is 10.0 Å². The van der Waals surface area contributed by atoms with E-state index in [-0.39, 0.29) is 12.1 Å². The third-order valence-corrected chi connectivity index (χ3v) is 6.69. The van der Waals surface area contributed by atoms with Crippen LogP contribution >= 0.6 is 0 Å². The van der Waals surface area contributed by atoms with Gasteiger partial charge in [-0.2, -0.15) is 0 Å². The predicted molar refractivity (Wildman–Crippen MR) is 123 cm³/mol. The summed E-state index contributed by atoms with van der Waals surface area (Å²) < 4.78 is 47.9. The van der Waals surface area contributed by atoms with Crippen molar-refractivity contribution in [2.24, 2.45) is 0 Å². The summed E-state index contributed by atoms with van der Waals surface area (Å²) in [6.07, 6.45) is 0. The van der Waals surface area contributed by atoms with Crippen LogP contribution in [0, 0.1) is 12.7 Å². The maximum absolute atomic E-state index is 14.7. The van der Waals surface area contributed by atoms with Crippen molar-refractivity contribution in [1.29, 1.82) is 0 Å². The molecule has 1 amide bonds. The summed E-state index contributed by atoms with van der Waals surface area (Å²) in [6.45, 7) is 5.85. The topological polar surface area (TPSA) is 75.7 Å². The second-order valence-corrected chi connectivity index (χ2v) is 8.87. The molecule has 3 aromatic rings. The number of benzene rings is 3. The minimum Gasteiger partial charge on any atom is -0.492 e. The molecule has 0 aliphatic carbocycles. The maximum Gasteiger partial charge on any atom is 0.267 e. The smallest absolute Gasteiger partial charge is 0.267 e. The molecule has 0 unspecified atom stereocenters. The first kappa shape index (κ1) is 23.3. The molecule has 0 aliphatic rings. The van der Waals surface area contributed by atoms with E-state index in [1.165, 1.54) is 6.07 Å². The van der Waals surface area contributed by atoms with Crippen molar-refractivity contribution < 1.29 is 22.3 Å². The molecule has 0 spiro atoms. The molecule has 0 bridgehead atoms. The Morgan fingerprint density at radius 2 is 1.78 bits per heavy atom. The van der Waals surface area contributed by atoms with Gasteiger partial charge in [-0.05, 0) is 68.8 Å². The Hall–Kier alpha value is -3.39. The van der Waals surface area contributed by atoms with Crippen molar-refractivity contribution in [1.82, 2.24) is 0 Å². The summed E-state index contributed by atoms with van der Waals surface area (Å²) in [5.74, 6) is -1.02. The van der Waals surface area contributed by atoms with Gasteiger partial charge in [0.05, 0.1) is 18.0 Å². The second-order valence-electron chi connectivity index (χ2n) is 7.04. The number of anilines is 2. The van der Waals surface area contributed by atoms with Crippen LogP contribution in [0.1, 0.15) is 29.8 Å². The first-order valence-corrected chi connectivity index (χ1v) is 11.6. The lowest BCUT2D eigenvalue weighted by molar-refractivity contribution is 0.102. The number of aryl methyl sites for hydroxylation is 1. The highest BCUT2D eigenvalue weighted by Crippen LogP contribution is 2.28. The number of nitrogens with one attached hydrogen (secondary N) is 1. The van der Waals surface area contributed by atoms with E-state index in [1.54, 1.807) is 49.4 Å². The molecular formula is C24H25FN2O4S. The molecule has 32 heavy (non-hydrogen) atoms. The number of hydrogen-bond acceptors (Lipinski definition) is 4. The zero-order valence-electron chi connectivity index (χ0n) is 18.1. The molecule has 0 saturated carbocycles. The number of halogens is 1. The quantitative estimate of drug-likeness (QED) is 0.518. The number of sulfonamides is 1. The highest BCUT2D eigenvalue weighted by Gasteiger charge is 2.28. The molecule has 3 aromatic carbocycles. The summed E-state index contributed by atoms with van der Waals surface area (Å²) in [5.41, 5.74) is 1.74. The van der Waals surface area contributed by atoms with E-state index < -0.39 is 26.6 Å². The van der Waals surface area contributed by atoms with Gasteiger partial charge in [0.15, 0.2) is 0 Å². The van der Waals surface area contributed by atoms with Gasteiger partial charge in [0.25, 0.3) is 15.9 Å². The third kappa shape index (κ3) is 4.91. The molecule has 0 aliphatic heterocycles. The first-order valence-electron chi connectivity index (χ1n) is 10.2. The fourth-order valence-electron chi connectivity index (χ4n) is 3.28. The normalized spacial score (nSPS) is 11.1. The van der Waals surface area contributed by atoms with Gasteiger partial charge in [-0.15, -0.1) is 0 Å². The van der Waals surface area contributed by atoms with Gasteiger partial charge in [0.2, 0.25) is 0 Å². The molecule has 6 nitrogen and oxygen atoms in total. The van der Waals surface area contributed by atoms with Crippen molar-refractivity contribution in [2.45, 2.75) is 25.7 Å². The Morgan fingerprint density at radius 1 is 1.03 bits per heavy atom. The average Bonchev–Trinajstić information content (AvgIpc) is 2.76. The van der Waals surface area contributed by atoms with Crippen LogP contribution in [0.2, 0.25) is 0 Å². The zero-order valence-corrected chi connectivity index (χ0v) is 18.9. The minimum atomic E-state index is -4.24. The molecule has 0 saturated heterocycles. The SMILES string of the molecule is CCOc1ccccc1NC(=O)c1ccc(F)c(S(=O)(=O)N(CC)c2cccc(C)c2)c1.